The van der Waals surface area contributed by atoms with Gasteiger partial charge in [-0.3, -0.25) is 0 Å². The van der Waals surface area contributed by atoms with E-state index < -0.39 is 116 Å². The van der Waals surface area contributed by atoms with E-state index >= 15 is 0 Å². The van der Waals surface area contributed by atoms with Crippen LogP contribution in [0.2, 0.25) is 0 Å². The zero-order chi connectivity index (χ0) is 38.1. The number of phenols is 2. The number of phenolic OH excluding ortho intramolecular Hbond substituents is 2. The maximum atomic E-state index is 14.0. The van der Waals surface area contributed by atoms with Crippen LogP contribution in [0.15, 0.2) is 60.9 Å². The van der Waals surface area contributed by atoms with Crippen LogP contribution in [0.3, 0.4) is 0 Å². The quantitative estimate of drug-likeness (QED) is 0.0990. The van der Waals surface area contributed by atoms with Gasteiger partial charge in [0.05, 0.1) is 31.7 Å². The van der Waals surface area contributed by atoms with Crippen molar-refractivity contribution < 1.29 is 88.7 Å². The molecule has 0 radical (unpaired) electrons. The van der Waals surface area contributed by atoms with Crippen LogP contribution in [-0.2, 0) is 33.2 Å². The zero-order valence-electron chi connectivity index (χ0n) is 27.9. The van der Waals surface area contributed by atoms with Gasteiger partial charge in [-0.15, -0.1) is 6.58 Å². The summed E-state index contributed by atoms with van der Waals surface area (Å²) < 4.78 is 39.3. The molecule has 13 unspecified atom stereocenters. The average molecular weight is 749 g/mol. The molecule has 4 aliphatic heterocycles. The molecule has 13 atom stereocenters. The van der Waals surface area contributed by atoms with E-state index in [0.717, 1.165) is 6.07 Å². The van der Waals surface area contributed by atoms with E-state index in [9.17, 15) is 55.5 Å². The molecule has 3 fully saturated rings. The van der Waals surface area contributed by atoms with Gasteiger partial charge in [-0.2, -0.15) is 0 Å². The summed E-state index contributed by atoms with van der Waals surface area (Å²) in [7, 11) is 0. The van der Waals surface area contributed by atoms with E-state index in [1.54, 1.807) is 0 Å². The molecule has 9 N–H and O–H groups in total. The lowest BCUT2D eigenvalue weighted by Gasteiger charge is -2.44. The first-order valence-corrected chi connectivity index (χ1v) is 16.6. The second-order valence-electron chi connectivity index (χ2n) is 12.9. The average Bonchev–Trinajstić information content (AvgIpc) is 3.14. The molecule has 288 valence electrons. The maximum absolute atomic E-state index is 14.0. The van der Waals surface area contributed by atoms with Crippen molar-refractivity contribution in [1.82, 2.24) is 0 Å². The van der Waals surface area contributed by atoms with E-state index in [0.29, 0.717) is 6.42 Å². The Bertz CT molecular complexity index is 1690. The van der Waals surface area contributed by atoms with Gasteiger partial charge < -0.3 is 79.1 Å². The van der Waals surface area contributed by atoms with Gasteiger partial charge >= 0.3 is 11.9 Å². The van der Waals surface area contributed by atoms with E-state index in [2.05, 4.69) is 6.58 Å². The Morgan fingerprint density at radius 2 is 1.58 bits per heavy atom. The second-order valence-corrected chi connectivity index (χ2v) is 12.9. The topological polar surface area (TPSA) is 281 Å². The number of esters is 2. The number of hydrogen-bond donors (Lipinski definition) is 9. The van der Waals surface area contributed by atoms with Crippen LogP contribution in [-0.4, -0.2) is 145 Å². The minimum atomic E-state index is -1.92. The number of carbonyl (C=O) groups excluding carboxylic acids is 2. The molecule has 0 bridgehead atoms. The molecular formula is C35H40O18. The van der Waals surface area contributed by atoms with Crippen molar-refractivity contribution in [3.63, 3.8) is 0 Å². The van der Waals surface area contributed by atoms with E-state index in [-0.39, 0.29) is 34.8 Å². The van der Waals surface area contributed by atoms with Crippen molar-refractivity contribution in [2.24, 2.45) is 11.8 Å². The first kappa shape index (κ1) is 38.4. The van der Waals surface area contributed by atoms with Gasteiger partial charge in [0.2, 0.25) is 18.9 Å². The molecule has 2 aromatic carbocycles. The number of cyclic esters (lactones) is 1. The summed E-state index contributed by atoms with van der Waals surface area (Å²) in [4.78, 5) is 26.3. The first-order chi connectivity index (χ1) is 25.4. The Balaban J connectivity index is 1.32. The van der Waals surface area contributed by atoms with E-state index in [4.69, 9.17) is 33.2 Å². The highest BCUT2D eigenvalue weighted by Gasteiger charge is 2.51. The number of carbonyl (C=O) groups is 2. The number of benzene rings is 2. The van der Waals surface area contributed by atoms with Crippen LogP contribution in [0.4, 0.5) is 0 Å². The van der Waals surface area contributed by atoms with Crippen molar-refractivity contribution in [2.75, 3.05) is 19.8 Å². The molecule has 0 spiro atoms. The van der Waals surface area contributed by atoms with Gasteiger partial charge in [0.15, 0.2) is 6.10 Å². The second kappa shape index (κ2) is 15.9. The molecule has 0 saturated carbocycles. The molecule has 18 nitrogen and oxygen atoms in total. The monoisotopic (exact) mass is 748 g/mol. The molecule has 18 heteroatoms. The summed E-state index contributed by atoms with van der Waals surface area (Å²) in [5, 5.41) is 93.7. The summed E-state index contributed by atoms with van der Waals surface area (Å²) >= 11 is 0. The van der Waals surface area contributed by atoms with Crippen LogP contribution in [0.25, 0.3) is 11.1 Å². The Kier molecular flexibility index (Phi) is 11.6. The summed E-state index contributed by atoms with van der Waals surface area (Å²) in [5.41, 5.74) is -0.260. The third kappa shape index (κ3) is 7.56. The summed E-state index contributed by atoms with van der Waals surface area (Å²) in [6, 6.07) is 7.61. The highest BCUT2D eigenvalue weighted by atomic mass is 16.8. The van der Waals surface area contributed by atoms with Crippen molar-refractivity contribution in [2.45, 2.75) is 74.1 Å². The van der Waals surface area contributed by atoms with Crippen molar-refractivity contribution >= 4 is 11.9 Å². The summed E-state index contributed by atoms with van der Waals surface area (Å²) in [6.45, 7) is 2.44. The molecular weight excluding hydrogens is 708 g/mol. The minimum Gasteiger partial charge on any atom is -0.508 e. The summed E-state index contributed by atoms with van der Waals surface area (Å²) in [6.07, 6.45) is -15.0. The van der Waals surface area contributed by atoms with Gasteiger partial charge in [0, 0.05) is 23.5 Å². The Hall–Kier alpha value is -4.34. The smallest absolute Gasteiger partial charge is 0.343 e. The normalized spacial score (nSPS) is 35.6. The van der Waals surface area contributed by atoms with Crippen LogP contribution >= 0.6 is 0 Å². The van der Waals surface area contributed by atoms with E-state index in [1.165, 1.54) is 42.7 Å². The van der Waals surface area contributed by atoms with Gasteiger partial charge in [-0.1, -0.05) is 18.2 Å². The highest BCUT2D eigenvalue weighted by Crippen LogP contribution is 2.41. The molecule has 53 heavy (non-hydrogen) atoms. The molecule has 4 aliphatic rings. The maximum Gasteiger partial charge on any atom is 0.343 e. The van der Waals surface area contributed by atoms with Crippen LogP contribution in [0.1, 0.15) is 16.8 Å². The summed E-state index contributed by atoms with van der Waals surface area (Å²) in [5.74, 6) is -4.21. The molecule has 3 saturated heterocycles. The van der Waals surface area contributed by atoms with Gasteiger partial charge in [0.25, 0.3) is 0 Å². The number of fused-ring (bicyclic) bond motifs is 1. The molecule has 6 rings (SSSR count). The fourth-order valence-corrected chi connectivity index (χ4v) is 6.71. The third-order valence-electron chi connectivity index (χ3n) is 9.57. The van der Waals surface area contributed by atoms with Gasteiger partial charge in [0.1, 0.15) is 65.5 Å². The van der Waals surface area contributed by atoms with Crippen molar-refractivity contribution in [3.8, 4) is 28.4 Å². The molecule has 4 heterocycles. The SMILES string of the molecule is C=CC1C(OC2OC(CO)C(O)C(O)C2OC(=O)c2c(O)cc(OC3OC(CO)C(O)C(O)C3O)cc2-c2cccc(O)c2)OC=C2C(=O)OCCC21. The molecule has 0 aromatic heterocycles. The lowest BCUT2D eigenvalue weighted by Crippen LogP contribution is -2.61. The van der Waals surface area contributed by atoms with Gasteiger partial charge in [-0.05, 0) is 30.2 Å². The lowest BCUT2D eigenvalue weighted by molar-refractivity contribution is -0.338. The fraction of sp³-hybridized carbons (Fsp3) is 0.486. The van der Waals surface area contributed by atoms with Crippen LogP contribution < -0.4 is 4.74 Å². The number of hydrogen-bond acceptors (Lipinski definition) is 18. The number of rotatable bonds is 10. The lowest BCUT2D eigenvalue weighted by atomic mass is 9.81. The van der Waals surface area contributed by atoms with Crippen LogP contribution in [0.5, 0.6) is 17.2 Å². The molecule has 2 aromatic rings. The number of aliphatic hydroxyl groups is 7. The predicted molar refractivity (Wildman–Crippen MR) is 173 cm³/mol. The Morgan fingerprint density at radius 3 is 2.26 bits per heavy atom. The Labute approximate surface area is 301 Å². The highest BCUT2D eigenvalue weighted by molar-refractivity contribution is 6.00. The first-order valence-electron chi connectivity index (χ1n) is 16.6. The molecule has 0 amide bonds. The van der Waals surface area contributed by atoms with Crippen molar-refractivity contribution in [3.05, 3.63) is 66.5 Å². The zero-order valence-corrected chi connectivity index (χ0v) is 27.9. The van der Waals surface area contributed by atoms with Crippen molar-refractivity contribution in [1.29, 1.82) is 0 Å². The van der Waals surface area contributed by atoms with E-state index in [1.807, 2.05) is 0 Å². The largest absolute Gasteiger partial charge is 0.508 e. The third-order valence-corrected chi connectivity index (χ3v) is 9.57. The number of aromatic hydroxyl groups is 2. The number of aliphatic hydroxyl groups excluding tert-OH is 7. The van der Waals surface area contributed by atoms with Crippen LogP contribution in [0, 0.1) is 11.8 Å². The Morgan fingerprint density at radius 1 is 0.887 bits per heavy atom. The van der Waals surface area contributed by atoms with Gasteiger partial charge in [-0.25, -0.2) is 9.59 Å². The predicted octanol–water partition coefficient (Wildman–Crippen LogP) is -1.47. The number of ether oxygens (including phenoxy) is 7. The minimum absolute atomic E-state index is 0.118. The standard InChI is InChI=1S/C35H40O18/c1-2-17-18-6-7-47-31(45)20(18)13-48-33(17)53-35-30(28(43)26(41)23(12-37)51-35)52-32(46)24-19(14-4-3-5-15(38)8-14)9-16(10-21(24)39)49-34-29(44)27(42)25(40)22(11-36)50-34/h2-5,8-10,13,17-18,22-23,25-30,33-44H,1,6-7,11-12H2. The molecule has 0 aliphatic carbocycles. The fourth-order valence-electron chi connectivity index (χ4n) is 6.71.